The molecule has 0 atom stereocenters. The first-order valence-corrected chi connectivity index (χ1v) is 9.48. The first kappa shape index (κ1) is 19.7. The van der Waals surface area contributed by atoms with Crippen LogP contribution in [0.5, 0.6) is 5.75 Å². The number of amides is 3. The van der Waals surface area contributed by atoms with Gasteiger partial charge in [-0.1, -0.05) is 41.9 Å². The third-order valence-corrected chi connectivity index (χ3v) is 4.72. The Balaban J connectivity index is 1.57. The van der Waals surface area contributed by atoms with Crippen molar-refractivity contribution >= 4 is 35.3 Å². The van der Waals surface area contributed by atoms with Crippen LogP contribution in [0.2, 0.25) is 5.02 Å². The Morgan fingerprint density at radius 1 is 1.00 bits per heavy atom. The van der Waals surface area contributed by atoms with Crippen molar-refractivity contribution in [3.63, 3.8) is 0 Å². The summed E-state index contributed by atoms with van der Waals surface area (Å²) in [6.07, 6.45) is 1.55. The van der Waals surface area contributed by atoms with E-state index in [1.807, 2.05) is 0 Å². The molecule has 0 saturated carbocycles. The van der Waals surface area contributed by atoms with Gasteiger partial charge in [0.1, 0.15) is 23.9 Å². The van der Waals surface area contributed by atoms with Crippen LogP contribution in [0.4, 0.5) is 14.9 Å². The van der Waals surface area contributed by atoms with Crippen molar-refractivity contribution in [3.05, 3.63) is 100 Å². The van der Waals surface area contributed by atoms with Crippen LogP contribution in [0.15, 0.2) is 78.5 Å². The van der Waals surface area contributed by atoms with Crippen LogP contribution in [-0.4, -0.2) is 11.9 Å². The predicted molar refractivity (Wildman–Crippen MR) is 113 cm³/mol. The van der Waals surface area contributed by atoms with E-state index >= 15 is 0 Å². The molecule has 3 amide bonds. The number of hydrogen-bond donors (Lipinski definition) is 1. The van der Waals surface area contributed by atoms with Gasteiger partial charge in [0.25, 0.3) is 5.91 Å². The molecule has 1 N–H and O–H groups in total. The van der Waals surface area contributed by atoms with E-state index in [1.165, 1.54) is 12.1 Å². The SMILES string of the molecule is O=C1N/C(=C/c2ccccc2OCc2cccc(F)c2)C(=O)N1c1ccc(Cl)cc1. The van der Waals surface area contributed by atoms with E-state index < -0.39 is 11.9 Å². The van der Waals surface area contributed by atoms with Gasteiger partial charge >= 0.3 is 6.03 Å². The number of carbonyl (C=O) groups is 2. The summed E-state index contributed by atoms with van der Waals surface area (Å²) in [6.45, 7) is 0.162. The number of imide groups is 1. The van der Waals surface area contributed by atoms with Crippen molar-refractivity contribution in [3.8, 4) is 5.75 Å². The lowest BCUT2D eigenvalue weighted by Gasteiger charge is -2.11. The minimum absolute atomic E-state index is 0.122. The molecule has 30 heavy (non-hydrogen) atoms. The minimum Gasteiger partial charge on any atom is -0.488 e. The zero-order valence-corrected chi connectivity index (χ0v) is 16.4. The van der Waals surface area contributed by atoms with E-state index in [-0.39, 0.29) is 18.1 Å². The molecular formula is C23H16ClFN2O3. The summed E-state index contributed by atoms with van der Waals surface area (Å²) in [5, 5.41) is 3.09. The van der Waals surface area contributed by atoms with Crippen LogP contribution >= 0.6 is 11.6 Å². The zero-order chi connectivity index (χ0) is 21.1. The summed E-state index contributed by atoms with van der Waals surface area (Å²) in [7, 11) is 0. The van der Waals surface area contributed by atoms with E-state index in [0.29, 0.717) is 27.6 Å². The topological polar surface area (TPSA) is 58.6 Å². The van der Waals surface area contributed by atoms with Gasteiger partial charge in [-0.3, -0.25) is 4.79 Å². The fourth-order valence-electron chi connectivity index (χ4n) is 3.03. The van der Waals surface area contributed by atoms with Gasteiger partial charge in [-0.25, -0.2) is 14.1 Å². The van der Waals surface area contributed by atoms with Gasteiger partial charge in [-0.15, -0.1) is 0 Å². The van der Waals surface area contributed by atoms with Crippen molar-refractivity contribution in [1.82, 2.24) is 5.32 Å². The van der Waals surface area contributed by atoms with E-state index in [2.05, 4.69) is 5.32 Å². The number of carbonyl (C=O) groups excluding carboxylic acids is 2. The molecule has 7 heteroatoms. The molecule has 0 spiro atoms. The number of urea groups is 1. The summed E-state index contributed by atoms with van der Waals surface area (Å²) in [6, 6.07) is 19.1. The average Bonchev–Trinajstić information content (AvgIpc) is 3.01. The monoisotopic (exact) mass is 422 g/mol. The summed E-state index contributed by atoms with van der Waals surface area (Å²) < 4.78 is 19.2. The number of halogens is 2. The Labute approximate surface area is 177 Å². The third kappa shape index (κ3) is 4.18. The average molecular weight is 423 g/mol. The molecule has 0 aliphatic carbocycles. The van der Waals surface area contributed by atoms with Crippen LogP contribution in [0, 0.1) is 5.82 Å². The fraction of sp³-hybridized carbons (Fsp3) is 0.0435. The fourth-order valence-corrected chi connectivity index (χ4v) is 3.16. The smallest absolute Gasteiger partial charge is 0.333 e. The largest absolute Gasteiger partial charge is 0.488 e. The van der Waals surface area contributed by atoms with Gasteiger partial charge < -0.3 is 10.1 Å². The number of ether oxygens (including phenoxy) is 1. The highest BCUT2D eigenvalue weighted by Gasteiger charge is 2.34. The maximum absolute atomic E-state index is 13.4. The maximum Gasteiger partial charge on any atom is 0.333 e. The first-order chi connectivity index (χ1) is 14.5. The van der Waals surface area contributed by atoms with Gasteiger partial charge in [-0.2, -0.15) is 0 Å². The van der Waals surface area contributed by atoms with Gasteiger partial charge in [0.2, 0.25) is 0 Å². The second-order valence-electron chi connectivity index (χ2n) is 6.56. The number of nitrogens with one attached hydrogen (secondary N) is 1. The maximum atomic E-state index is 13.4. The van der Waals surface area contributed by atoms with E-state index in [0.717, 1.165) is 4.90 Å². The van der Waals surface area contributed by atoms with E-state index in [4.69, 9.17) is 16.3 Å². The van der Waals surface area contributed by atoms with Crippen molar-refractivity contribution in [1.29, 1.82) is 0 Å². The van der Waals surface area contributed by atoms with Gasteiger partial charge in [0.05, 0.1) is 5.69 Å². The minimum atomic E-state index is -0.549. The molecule has 0 aromatic heterocycles. The van der Waals surface area contributed by atoms with E-state index in [9.17, 15) is 14.0 Å². The Morgan fingerprint density at radius 3 is 2.53 bits per heavy atom. The summed E-state index contributed by atoms with van der Waals surface area (Å²) >= 11 is 5.88. The molecule has 1 fully saturated rings. The second-order valence-corrected chi connectivity index (χ2v) is 7.00. The number of para-hydroxylation sites is 1. The molecule has 1 saturated heterocycles. The molecule has 4 rings (SSSR count). The van der Waals surface area contributed by atoms with Crippen LogP contribution in [0.1, 0.15) is 11.1 Å². The first-order valence-electron chi connectivity index (χ1n) is 9.10. The number of rotatable bonds is 5. The van der Waals surface area contributed by atoms with E-state index in [1.54, 1.807) is 66.7 Å². The number of nitrogens with zero attached hydrogens (tertiary/aromatic N) is 1. The second kappa shape index (κ2) is 8.39. The van der Waals surface area contributed by atoms with Crippen molar-refractivity contribution < 1.29 is 18.7 Å². The highest BCUT2D eigenvalue weighted by Crippen LogP contribution is 2.27. The van der Waals surface area contributed by atoms with Crippen LogP contribution in [-0.2, 0) is 11.4 Å². The van der Waals surface area contributed by atoms with Crippen LogP contribution in [0.3, 0.4) is 0 Å². The standard InChI is InChI=1S/C23H16ClFN2O3/c24-17-8-10-19(11-9-17)27-22(28)20(26-23(27)29)13-16-5-1-2-7-21(16)30-14-15-4-3-6-18(25)12-15/h1-13H,14H2,(H,26,29)/b20-13+. The summed E-state index contributed by atoms with van der Waals surface area (Å²) in [4.78, 5) is 26.2. The zero-order valence-electron chi connectivity index (χ0n) is 15.6. The molecule has 1 aliphatic heterocycles. The van der Waals surface area contributed by atoms with Crippen LogP contribution in [0.25, 0.3) is 6.08 Å². The molecule has 0 bridgehead atoms. The molecule has 3 aromatic rings. The Kier molecular flexibility index (Phi) is 5.50. The Bertz CT molecular complexity index is 1150. The van der Waals surface area contributed by atoms with Gasteiger partial charge in [-0.05, 0) is 54.1 Å². The lowest BCUT2D eigenvalue weighted by molar-refractivity contribution is -0.113. The van der Waals surface area contributed by atoms with Gasteiger partial charge in [0.15, 0.2) is 0 Å². The third-order valence-electron chi connectivity index (χ3n) is 4.47. The number of benzene rings is 3. The van der Waals surface area contributed by atoms with Crippen molar-refractivity contribution in [2.45, 2.75) is 6.61 Å². The molecule has 1 heterocycles. The van der Waals surface area contributed by atoms with Crippen molar-refractivity contribution in [2.75, 3.05) is 4.90 Å². The van der Waals surface area contributed by atoms with Gasteiger partial charge in [0, 0.05) is 10.6 Å². The Morgan fingerprint density at radius 2 is 1.77 bits per heavy atom. The molecule has 5 nitrogen and oxygen atoms in total. The Hall–Kier alpha value is -3.64. The lowest BCUT2D eigenvalue weighted by Crippen LogP contribution is -2.30. The highest BCUT2D eigenvalue weighted by atomic mass is 35.5. The molecule has 0 unspecified atom stereocenters. The molecular weight excluding hydrogens is 407 g/mol. The van der Waals surface area contributed by atoms with Crippen molar-refractivity contribution in [2.24, 2.45) is 0 Å². The number of anilines is 1. The normalized spacial score (nSPS) is 14.9. The molecule has 0 radical (unpaired) electrons. The quantitative estimate of drug-likeness (QED) is 0.456. The predicted octanol–water partition coefficient (Wildman–Crippen LogP) is 5.16. The molecule has 150 valence electrons. The lowest BCUT2D eigenvalue weighted by atomic mass is 10.1. The summed E-state index contributed by atoms with van der Waals surface area (Å²) in [5.41, 5.74) is 1.82. The molecule has 1 aliphatic rings. The highest BCUT2D eigenvalue weighted by molar-refractivity contribution is 6.31. The molecule has 3 aromatic carbocycles. The number of hydrogen-bond acceptors (Lipinski definition) is 3. The van der Waals surface area contributed by atoms with Crippen LogP contribution < -0.4 is 15.0 Å². The summed E-state index contributed by atoms with van der Waals surface area (Å²) in [5.74, 6) is -0.323.